The van der Waals surface area contributed by atoms with Crippen molar-refractivity contribution in [2.45, 2.75) is 46.1 Å². The first kappa shape index (κ1) is 21.5. The van der Waals surface area contributed by atoms with E-state index in [1.807, 2.05) is 26.8 Å². The van der Waals surface area contributed by atoms with Crippen molar-refractivity contribution in [3.63, 3.8) is 0 Å². The average molecular weight is 389 g/mol. The molecule has 0 spiro atoms. The number of carbonyl (C=O) groups is 2. The van der Waals surface area contributed by atoms with E-state index in [1.54, 1.807) is 6.07 Å². The number of fused-ring (bicyclic) bond motifs is 1. The van der Waals surface area contributed by atoms with Gasteiger partial charge in [-0.05, 0) is 42.9 Å². The summed E-state index contributed by atoms with van der Waals surface area (Å²) in [5.41, 5.74) is 1.64. The highest BCUT2D eigenvalue weighted by Crippen LogP contribution is 2.28. The van der Waals surface area contributed by atoms with Gasteiger partial charge in [0.25, 0.3) is 0 Å². The van der Waals surface area contributed by atoms with Crippen molar-refractivity contribution in [2.75, 3.05) is 14.2 Å². The predicted octanol–water partition coefficient (Wildman–Crippen LogP) is 2.75. The molecule has 0 aliphatic rings. The molecular formula is C21H27NO6. The van der Waals surface area contributed by atoms with Gasteiger partial charge in [0.15, 0.2) is 0 Å². The molecule has 2 aromatic rings. The monoisotopic (exact) mass is 389 g/mol. The van der Waals surface area contributed by atoms with Crippen LogP contribution in [0.5, 0.6) is 5.75 Å². The maximum atomic E-state index is 12.4. The van der Waals surface area contributed by atoms with Crippen molar-refractivity contribution in [3.05, 3.63) is 39.7 Å². The van der Waals surface area contributed by atoms with E-state index >= 15 is 0 Å². The van der Waals surface area contributed by atoms with Crippen molar-refractivity contribution in [1.82, 2.24) is 5.32 Å². The molecule has 1 atom stereocenters. The maximum absolute atomic E-state index is 12.4. The first-order valence-electron chi connectivity index (χ1n) is 9.23. The van der Waals surface area contributed by atoms with Crippen LogP contribution in [0.2, 0.25) is 0 Å². The number of amides is 1. The van der Waals surface area contributed by atoms with Gasteiger partial charge in [0.1, 0.15) is 17.4 Å². The number of ether oxygens (including phenoxy) is 2. The smallest absolute Gasteiger partial charge is 0.336 e. The summed E-state index contributed by atoms with van der Waals surface area (Å²) in [5, 5.41) is 3.54. The number of esters is 1. The fourth-order valence-corrected chi connectivity index (χ4v) is 3.12. The first-order chi connectivity index (χ1) is 13.2. The number of benzene rings is 1. The van der Waals surface area contributed by atoms with Crippen LogP contribution in [0, 0.1) is 12.8 Å². The molecule has 2 rings (SSSR count). The number of carbonyl (C=O) groups excluding carboxylic acids is 2. The molecule has 152 valence electrons. The molecule has 7 heteroatoms. The van der Waals surface area contributed by atoms with Crippen LogP contribution in [0.1, 0.15) is 37.8 Å². The minimum Gasteiger partial charge on any atom is -0.496 e. The zero-order chi connectivity index (χ0) is 20.8. The van der Waals surface area contributed by atoms with Crippen LogP contribution in [0.25, 0.3) is 11.0 Å². The Balaban J connectivity index is 2.16. The molecule has 1 heterocycles. The first-order valence-corrected chi connectivity index (χ1v) is 9.23. The second kappa shape index (κ2) is 9.39. The summed E-state index contributed by atoms with van der Waals surface area (Å²) < 4.78 is 15.4. The Kier molecular flexibility index (Phi) is 7.20. The second-order valence-corrected chi connectivity index (χ2v) is 7.18. The Morgan fingerprint density at radius 3 is 2.50 bits per heavy atom. The van der Waals surface area contributed by atoms with Crippen LogP contribution in [0.15, 0.2) is 27.4 Å². The van der Waals surface area contributed by atoms with Crippen molar-refractivity contribution in [1.29, 1.82) is 0 Å². The quantitative estimate of drug-likeness (QED) is 0.551. The summed E-state index contributed by atoms with van der Waals surface area (Å²) in [4.78, 5) is 35.8. The van der Waals surface area contributed by atoms with E-state index in [0.717, 1.165) is 16.5 Å². The summed E-state index contributed by atoms with van der Waals surface area (Å²) in [5.74, 6) is 0.0915. The van der Waals surface area contributed by atoms with Crippen molar-refractivity contribution in [2.24, 2.45) is 5.92 Å². The second-order valence-electron chi connectivity index (χ2n) is 7.18. The molecule has 1 aromatic carbocycles. The fraction of sp³-hybridized carbons (Fsp3) is 0.476. The zero-order valence-electron chi connectivity index (χ0n) is 17.0. The normalized spacial score (nSPS) is 12.1. The Morgan fingerprint density at radius 2 is 1.89 bits per heavy atom. The van der Waals surface area contributed by atoms with Crippen LogP contribution < -0.4 is 15.7 Å². The van der Waals surface area contributed by atoms with Crippen LogP contribution in [0.4, 0.5) is 0 Å². The molecular weight excluding hydrogens is 362 g/mol. The molecule has 0 fully saturated rings. The molecule has 1 N–H and O–H groups in total. The number of rotatable bonds is 8. The Morgan fingerprint density at radius 1 is 1.18 bits per heavy atom. The third-order valence-electron chi connectivity index (χ3n) is 4.50. The van der Waals surface area contributed by atoms with Gasteiger partial charge in [0, 0.05) is 23.9 Å². The van der Waals surface area contributed by atoms with Gasteiger partial charge in [-0.15, -0.1) is 0 Å². The summed E-state index contributed by atoms with van der Waals surface area (Å²) in [7, 11) is 2.83. The van der Waals surface area contributed by atoms with Crippen LogP contribution in [-0.4, -0.2) is 32.1 Å². The zero-order valence-corrected chi connectivity index (χ0v) is 17.0. The molecule has 0 bridgehead atoms. The van der Waals surface area contributed by atoms with Gasteiger partial charge < -0.3 is 19.2 Å². The van der Waals surface area contributed by atoms with E-state index in [1.165, 1.54) is 20.3 Å². The SMILES string of the molecule is COC(=O)C(CC(C)C)NC(=O)CCc1cc2c(C)cc(=O)oc2cc1OC. The standard InChI is InChI=1S/C21H27NO6/c1-12(2)8-16(21(25)27-5)22-19(23)7-6-14-10-15-13(3)9-20(24)28-18(15)11-17(14)26-4/h9-12,16H,6-8H2,1-5H3,(H,22,23). The number of hydrogen-bond donors (Lipinski definition) is 1. The van der Waals surface area contributed by atoms with Crippen molar-refractivity contribution < 1.29 is 23.5 Å². The lowest BCUT2D eigenvalue weighted by Gasteiger charge is -2.18. The Bertz CT molecular complexity index is 915. The highest BCUT2D eigenvalue weighted by atomic mass is 16.5. The molecule has 0 aliphatic carbocycles. The van der Waals surface area contributed by atoms with Gasteiger partial charge >= 0.3 is 11.6 Å². The lowest BCUT2D eigenvalue weighted by atomic mass is 10.0. The summed E-state index contributed by atoms with van der Waals surface area (Å²) >= 11 is 0. The number of hydrogen-bond acceptors (Lipinski definition) is 6. The highest BCUT2D eigenvalue weighted by molar-refractivity contribution is 5.85. The number of aryl methyl sites for hydroxylation is 2. The molecule has 28 heavy (non-hydrogen) atoms. The van der Waals surface area contributed by atoms with Crippen LogP contribution in [0.3, 0.4) is 0 Å². The minimum atomic E-state index is -0.660. The third-order valence-corrected chi connectivity index (χ3v) is 4.50. The summed E-state index contributed by atoms with van der Waals surface area (Å²) in [6, 6.07) is 4.30. The van der Waals surface area contributed by atoms with E-state index in [2.05, 4.69) is 5.32 Å². The fourth-order valence-electron chi connectivity index (χ4n) is 3.12. The van der Waals surface area contributed by atoms with Gasteiger partial charge in [-0.2, -0.15) is 0 Å². The van der Waals surface area contributed by atoms with E-state index in [4.69, 9.17) is 13.9 Å². The van der Waals surface area contributed by atoms with Crippen LogP contribution >= 0.6 is 0 Å². The number of methoxy groups -OCH3 is 2. The average Bonchev–Trinajstić information content (AvgIpc) is 2.64. The van der Waals surface area contributed by atoms with E-state index in [9.17, 15) is 14.4 Å². The van der Waals surface area contributed by atoms with Crippen molar-refractivity contribution in [3.8, 4) is 5.75 Å². The Hall–Kier alpha value is -2.83. The van der Waals surface area contributed by atoms with E-state index in [0.29, 0.717) is 24.2 Å². The van der Waals surface area contributed by atoms with Gasteiger partial charge in [-0.25, -0.2) is 9.59 Å². The molecule has 1 unspecified atom stereocenters. The molecule has 0 radical (unpaired) electrons. The van der Waals surface area contributed by atoms with Gasteiger partial charge in [0.05, 0.1) is 14.2 Å². The lowest BCUT2D eigenvalue weighted by molar-refractivity contribution is -0.145. The predicted molar refractivity (Wildman–Crippen MR) is 105 cm³/mol. The number of nitrogens with one attached hydrogen (secondary N) is 1. The molecule has 0 saturated carbocycles. The van der Waals surface area contributed by atoms with E-state index < -0.39 is 17.6 Å². The molecule has 0 saturated heterocycles. The molecule has 1 aromatic heterocycles. The molecule has 1 amide bonds. The lowest BCUT2D eigenvalue weighted by Crippen LogP contribution is -2.42. The summed E-state index contributed by atoms with van der Waals surface area (Å²) in [6.07, 6.45) is 1.11. The van der Waals surface area contributed by atoms with Gasteiger partial charge in [-0.3, -0.25) is 4.79 Å². The third kappa shape index (κ3) is 5.34. The van der Waals surface area contributed by atoms with Crippen molar-refractivity contribution >= 4 is 22.8 Å². The van der Waals surface area contributed by atoms with Crippen LogP contribution in [-0.2, 0) is 20.7 Å². The van der Waals surface area contributed by atoms with E-state index in [-0.39, 0.29) is 18.2 Å². The highest BCUT2D eigenvalue weighted by Gasteiger charge is 2.22. The molecule has 0 aliphatic heterocycles. The topological polar surface area (TPSA) is 94.8 Å². The van der Waals surface area contributed by atoms with Gasteiger partial charge in [-0.1, -0.05) is 13.8 Å². The minimum absolute atomic E-state index is 0.184. The molecule has 7 nitrogen and oxygen atoms in total. The Labute approximate surface area is 164 Å². The van der Waals surface area contributed by atoms with Gasteiger partial charge in [0.2, 0.25) is 5.91 Å². The largest absolute Gasteiger partial charge is 0.496 e. The maximum Gasteiger partial charge on any atom is 0.336 e. The summed E-state index contributed by atoms with van der Waals surface area (Å²) in [6.45, 7) is 5.78.